The maximum Gasteiger partial charge on any atom is 0.194 e. The zero-order valence-corrected chi connectivity index (χ0v) is 11.7. The molecule has 0 heterocycles. The molecule has 3 aromatic rings. The molecule has 3 aromatic carbocycles. The first-order valence-corrected chi connectivity index (χ1v) is 7.00. The van der Waals surface area contributed by atoms with E-state index in [0.29, 0.717) is 0 Å². The summed E-state index contributed by atoms with van der Waals surface area (Å²) in [6.45, 7) is 0. The van der Waals surface area contributed by atoms with Gasteiger partial charge < -0.3 is 4.74 Å². The minimum Gasteiger partial charge on any atom is -0.497 e. The van der Waals surface area contributed by atoms with E-state index in [1.807, 2.05) is 42.5 Å². The van der Waals surface area contributed by atoms with Crippen LogP contribution in [0.15, 0.2) is 54.6 Å². The van der Waals surface area contributed by atoms with Gasteiger partial charge in [-0.15, -0.1) is 0 Å². The Balaban J connectivity index is 2.03. The maximum absolute atomic E-state index is 12.9. The Bertz CT molecular complexity index is 878. The van der Waals surface area contributed by atoms with Gasteiger partial charge in [-0.05, 0) is 40.5 Å². The third-order valence-corrected chi connectivity index (χ3v) is 4.18. The van der Waals surface area contributed by atoms with Gasteiger partial charge in [0, 0.05) is 11.1 Å². The molecule has 0 bridgehead atoms. The van der Waals surface area contributed by atoms with Crippen molar-refractivity contribution >= 4 is 16.6 Å². The number of hydrogen-bond donors (Lipinski definition) is 0. The average Bonchev–Trinajstić information content (AvgIpc) is 2.54. The van der Waals surface area contributed by atoms with Crippen LogP contribution in [0.3, 0.4) is 0 Å². The molecule has 1 aliphatic rings. The van der Waals surface area contributed by atoms with Crippen molar-refractivity contribution in [3.63, 3.8) is 0 Å². The van der Waals surface area contributed by atoms with Crippen LogP contribution >= 0.6 is 0 Å². The van der Waals surface area contributed by atoms with Crippen molar-refractivity contribution in [2.24, 2.45) is 0 Å². The number of methoxy groups -OCH3 is 1. The molecular weight excluding hydrogens is 260 g/mol. The summed E-state index contributed by atoms with van der Waals surface area (Å²) < 4.78 is 5.31. The molecule has 0 aliphatic heterocycles. The molecule has 0 radical (unpaired) electrons. The Morgan fingerprint density at radius 2 is 1.76 bits per heavy atom. The highest BCUT2D eigenvalue weighted by Gasteiger charge is 2.24. The number of rotatable bonds is 1. The van der Waals surface area contributed by atoms with Gasteiger partial charge in [-0.1, -0.05) is 42.5 Å². The Morgan fingerprint density at radius 1 is 0.952 bits per heavy atom. The molecule has 0 N–H and O–H groups in total. The lowest BCUT2D eigenvalue weighted by Gasteiger charge is -2.20. The fourth-order valence-corrected chi connectivity index (χ4v) is 3.12. The van der Waals surface area contributed by atoms with Crippen LogP contribution in [0.2, 0.25) is 0 Å². The second kappa shape index (κ2) is 4.45. The van der Waals surface area contributed by atoms with Gasteiger partial charge in [-0.3, -0.25) is 4.79 Å². The summed E-state index contributed by atoms with van der Waals surface area (Å²) in [6, 6.07) is 17.9. The van der Waals surface area contributed by atoms with Crippen molar-refractivity contribution in [3.05, 3.63) is 76.9 Å². The van der Waals surface area contributed by atoms with Gasteiger partial charge in [0.15, 0.2) is 5.78 Å². The van der Waals surface area contributed by atoms with Gasteiger partial charge in [-0.2, -0.15) is 0 Å². The fraction of sp³-hybridized carbons (Fsp3) is 0.105. The van der Waals surface area contributed by atoms with Gasteiger partial charge in [-0.25, -0.2) is 0 Å². The van der Waals surface area contributed by atoms with Crippen LogP contribution in [0.25, 0.3) is 10.8 Å². The summed E-state index contributed by atoms with van der Waals surface area (Å²) >= 11 is 0. The normalized spacial score (nSPS) is 12.9. The van der Waals surface area contributed by atoms with E-state index in [0.717, 1.165) is 45.2 Å². The van der Waals surface area contributed by atoms with Crippen molar-refractivity contribution in [1.82, 2.24) is 0 Å². The van der Waals surface area contributed by atoms with E-state index in [4.69, 9.17) is 4.74 Å². The molecule has 0 saturated heterocycles. The first-order chi connectivity index (χ1) is 10.3. The Labute approximate surface area is 123 Å². The summed E-state index contributed by atoms with van der Waals surface area (Å²) in [4.78, 5) is 12.9. The highest BCUT2D eigenvalue weighted by molar-refractivity contribution is 6.19. The summed E-state index contributed by atoms with van der Waals surface area (Å²) in [6.07, 6.45) is 0.810. The molecule has 4 rings (SSSR count). The molecule has 21 heavy (non-hydrogen) atoms. The quantitative estimate of drug-likeness (QED) is 0.524. The molecule has 0 spiro atoms. The molecule has 2 nitrogen and oxygen atoms in total. The van der Waals surface area contributed by atoms with E-state index in [1.165, 1.54) is 0 Å². The largest absolute Gasteiger partial charge is 0.497 e. The smallest absolute Gasteiger partial charge is 0.194 e. The van der Waals surface area contributed by atoms with Crippen LogP contribution in [-0.4, -0.2) is 12.9 Å². The van der Waals surface area contributed by atoms with E-state index < -0.39 is 0 Å². The minimum absolute atomic E-state index is 0.116. The lowest BCUT2D eigenvalue weighted by atomic mass is 9.82. The SMILES string of the molecule is COc1ccc2ccc3c(c2c1)C(=O)c1ccccc1C3. The standard InChI is InChI=1S/C19H14O2/c1-21-15-9-8-12-6-7-14-10-13-4-2-3-5-16(13)19(20)18(14)17(12)11-15/h2-9,11H,10H2,1H3. The fourth-order valence-electron chi connectivity index (χ4n) is 3.12. The number of carbonyl (C=O) groups is 1. The van der Waals surface area contributed by atoms with E-state index in [2.05, 4.69) is 12.1 Å². The van der Waals surface area contributed by atoms with Gasteiger partial charge in [0.05, 0.1) is 7.11 Å². The number of hydrogen-bond acceptors (Lipinski definition) is 2. The molecule has 1 aliphatic carbocycles. The summed E-state index contributed by atoms with van der Waals surface area (Å²) in [5.41, 5.74) is 3.85. The number of ether oxygens (including phenoxy) is 1. The van der Waals surface area contributed by atoms with Crippen LogP contribution < -0.4 is 4.74 Å². The van der Waals surface area contributed by atoms with Crippen LogP contribution in [0, 0.1) is 0 Å². The molecule has 0 amide bonds. The third kappa shape index (κ3) is 1.76. The Kier molecular flexibility index (Phi) is 2.58. The summed E-state index contributed by atoms with van der Waals surface area (Å²) in [7, 11) is 1.65. The van der Waals surface area contributed by atoms with Crippen LogP contribution in [0.5, 0.6) is 5.75 Å². The predicted octanol–water partition coefficient (Wildman–Crippen LogP) is 3.98. The van der Waals surface area contributed by atoms with E-state index >= 15 is 0 Å². The summed E-state index contributed by atoms with van der Waals surface area (Å²) in [5.74, 6) is 0.897. The van der Waals surface area contributed by atoms with Crippen molar-refractivity contribution in [2.75, 3.05) is 7.11 Å². The molecule has 0 atom stereocenters. The highest BCUT2D eigenvalue weighted by Crippen LogP contribution is 2.33. The maximum atomic E-state index is 12.9. The minimum atomic E-state index is 0.116. The molecule has 102 valence electrons. The van der Waals surface area contributed by atoms with Crippen LogP contribution in [0.1, 0.15) is 27.0 Å². The van der Waals surface area contributed by atoms with Crippen molar-refractivity contribution in [2.45, 2.75) is 6.42 Å². The van der Waals surface area contributed by atoms with Crippen LogP contribution in [0.4, 0.5) is 0 Å². The lowest BCUT2D eigenvalue weighted by Crippen LogP contribution is -2.15. The first kappa shape index (κ1) is 12.2. The molecule has 0 aromatic heterocycles. The monoisotopic (exact) mass is 274 g/mol. The average molecular weight is 274 g/mol. The van der Waals surface area contributed by atoms with E-state index in [1.54, 1.807) is 7.11 Å². The topological polar surface area (TPSA) is 26.3 Å². The number of carbonyl (C=O) groups excluding carboxylic acids is 1. The predicted molar refractivity (Wildman–Crippen MR) is 83.2 cm³/mol. The Morgan fingerprint density at radius 3 is 2.62 bits per heavy atom. The zero-order chi connectivity index (χ0) is 14.4. The third-order valence-electron chi connectivity index (χ3n) is 4.18. The lowest BCUT2D eigenvalue weighted by molar-refractivity contribution is 0.103. The van der Waals surface area contributed by atoms with Gasteiger partial charge in [0.2, 0.25) is 0 Å². The molecule has 0 saturated carbocycles. The van der Waals surface area contributed by atoms with Gasteiger partial charge in [0.25, 0.3) is 0 Å². The second-order valence-electron chi connectivity index (χ2n) is 5.35. The van der Waals surface area contributed by atoms with Gasteiger partial charge in [0.1, 0.15) is 5.75 Å². The van der Waals surface area contributed by atoms with E-state index in [9.17, 15) is 4.79 Å². The van der Waals surface area contributed by atoms with Crippen molar-refractivity contribution in [3.8, 4) is 5.75 Å². The molecular formula is C19H14O2. The van der Waals surface area contributed by atoms with Gasteiger partial charge >= 0.3 is 0 Å². The Hall–Kier alpha value is -2.61. The van der Waals surface area contributed by atoms with Crippen molar-refractivity contribution < 1.29 is 9.53 Å². The molecule has 2 heteroatoms. The molecule has 0 unspecified atom stereocenters. The zero-order valence-electron chi connectivity index (χ0n) is 11.7. The molecule has 0 fully saturated rings. The number of benzene rings is 3. The first-order valence-electron chi connectivity index (χ1n) is 7.00. The van der Waals surface area contributed by atoms with E-state index in [-0.39, 0.29) is 5.78 Å². The van der Waals surface area contributed by atoms with Crippen molar-refractivity contribution in [1.29, 1.82) is 0 Å². The highest BCUT2D eigenvalue weighted by atomic mass is 16.5. The summed E-state index contributed by atoms with van der Waals surface area (Å²) in [5, 5.41) is 2.05. The van der Waals surface area contributed by atoms with Crippen LogP contribution in [-0.2, 0) is 6.42 Å². The number of ketones is 1. The second-order valence-corrected chi connectivity index (χ2v) is 5.35. The number of fused-ring (bicyclic) bond motifs is 4.